The molecule has 7 heteroatoms. The number of nitrogens with zero attached hydrogens (tertiary/aromatic N) is 3. The summed E-state index contributed by atoms with van der Waals surface area (Å²) in [7, 11) is 0. The molecule has 4 rings (SSSR count). The number of hydrogen-bond donors (Lipinski definition) is 0. The fourth-order valence-corrected chi connectivity index (χ4v) is 2.84. The van der Waals surface area contributed by atoms with Crippen LogP contribution in [0, 0.1) is 0 Å². The van der Waals surface area contributed by atoms with Gasteiger partial charge in [0, 0.05) is 17.8 Å². The number of carbonyl (C=O) groups is 1. The average molecular weight is 341 g/mol. The largest absolute Gasteiger partial charge is 0.451 e. The maximum absolute atomic E-state index is 12.8. The molecule has 0 saturated carbocycles. The van der Waals surface area contributed by atoms with Crippen LogP contribution in [0.25, 0.3) is 11.0 Å². The van der Waals surface area contributed by atoms with E-state index in [0.29, 0.717) is 42.8 Å². The first kappa shape index (κ1) is 15.8. The number of hydrogen-bond acceptors (Lipinski definition) is 6. The minimum Gasteiger partial charge on any atom is -0.451 e. The van der Waals surface area contributed by atoms with Gasteiger partial charge in [-0.1, -0.05) is 32.0 Å². The summed E-state index contributed by atoms with van der Waals surface area (Å²) >= 11 is 0. The van der Waals surface area contributed by atoms with Crippen molar-refractivity contribution in [1.29, 1.82) is 0 Å². The van der Waals surface area contributed by atoms with E-state index in [1.807, 2.05) is 38.1 Å². The van der Waals surface area contributed by atoms with E-state index in [-0.39, 0.29) is 11.8 Å². The van der Waals surface area contributed by atoms with Crippen LogP contribution in [0.3, 0.4) is 0 Å². The molecule has 130 valence electrons. The summed E-state index contributed by atoms with van der Waals surface area (Å²) in [4.78, 5) is 14.5. The SMILES string of the molecule is CC(C)c1nnc([C@@H]2CN(C(=O)c3cc4ccccc4o3)CCO2)o1. The van der Waals surface area contributed by atoms with Crippen molar-refractivity contribution in [2.75, 3.05) is 19.7 Å². The highest BCUT2D eigenvalue weighted by molar-refractivity contribution is 5.96. The van der Waals surface area contributed by atoms with Crippen LogP contribution >= 0.6 is 0 Å². The topological polar surface area (TPSA) is 81.6 Å². The third-order valence-corrected chi connectivity index (χ3v) is 4.22. The maximum Gasteiger partial charge on any atom is 0.289 e. The summed E-state index contributed by atoms with van der Waals surface area (Å²) in [6, 6.07) is 9.33. The number of carbonyl (C=O) groups excluding carboxylic acids is 1. The highest BCUT2D eigenvalue weighted by Gasteiger charge is 2.31. The van der Waals surface area contributed by atoms with Crippen LogP contribution in [0.2, 0.25) is 0 Å². The Bertz CT molecular complexity index is 866. The van der Waals surface area contributed by atoms with Gasteiger partial charge in [0.05, 0.1) is 13.2 Å². The highest BCUT2D eigenvalue weighted by atomic mass is 16.5. The number of aromatic nitrogens is 2. The Morgan fingerprint density at radius 2 is 2.08 bits per heavy atom. The molecule has 1 aliphatic rings. The summed E-state index contributed by atoms with van der Waals surface area (Å²) in [5.74, 6) is 1.30. The van der Waals surface area contributed by atoms with Gasteiger partial charge in [-0.05, 0) is 12.1 Å². The first-order valence-electron chi connectivity index (χ1n) is 8.34. The van der Waals surface area contributed by atoms with Crippen LogP contribution < -0.4 is 0 Å². The number of benzene rings is 1. The fraction of sp³-hybridized carbons (Fsp3) is 0.389. The van der Waals surface area contributed by atoms with Crippen LogP contribution in [0.1, 0.15) is 48.2 Å². The standard InChI is InChI=1S/C18H19N3O4/c1-11(2)16-19-20-17(25-16)15-10-21(7-8-23-15)18(22)14-9-12-5-3-4-6-13(12)24-14/h3-6,9,11,15H,7-8,10H2,1-2H3/t15-/m0/s1. The van der Waals surface area contributed by atoms with E-state index in [1.54, 1.807) is 11.0 Å². The van der Waals surface area contributed by atoms with Crippen LogP contribution in [-0.2, 0) is 4.74 Å². The monoisotopic (exact) mass is 341 g/mol. The molecule has 7 nitrogen and oxygen atoms in total. The molecule has 1 fully saturated rings. The van der Waals surface area contributed by atoms with E-state index in [2.05, 4.69) is 10.2 Å². The van der Waals surface area contributed by atoms with E-state index in [4.69, 9.17) is 13.6 Å². The van der Waals surface area contributed by atoms with Gasteiger partial charge >= 0.3 is 0 Å². The van der Waals surface area contributed by atoms with Gasteiger partial charge in [-0.15, -0.1) is 10.2 Å². The van der Waals surface area contributed by atoms with Crippen LogP contribution in [0.5, 0.6) is 0 Å². The molecule has 3 aromatic rings. The second kappa shape index (κ2) is 6.33. The molecule has 25 heavy (non-hydrogen) atoms. The Kier molecular flexibility index (Phi) is 4.01. The van der Waals surface area contributed by atoms with Gasteiger partial charge in [-0.2, -0.15) is 0 Å². The van der Waals surface area contributed by atoms with Gasteiger partial charge in [0.2, 0.25) is 11.8 Å². The highest BCUT2D eigenvalue weighted by Crippen LogP contribution is 2.26. The molecule has 0 radical (unpaired) electrons. The Morgan fingerprint density at radius 1 is 1.24 bits per heavy atom. The third kappa shape index (κ3) is 3.02. The number of amides is 1. The summed E-state index contributed by atoms with van der Waals surface area (Å²) in [6.07, 6.45) is -0.415. The second-order valence-corrected chi connectivity index (χ2v) is 6.39. The van der Waals surface area contributed by atoms with Crippen LogP contribution in [-0.4, -0.2) is 40.7 Å². The predicted octanol–water partition coefficient (Wildman–Crippen LogP) is 3.15. The molecular formula is C18H19N3O4. The zero-order valence-electron chi connectivity index (χ0n) is 14.1. The molecule has 0 unspecified atom stereocenters. The molecule has 0 spiro atoms. The molecule has 2 aromatic heterocycles. The molecule has 0 N–H and O–H groups in total. The third-order valence-electron chi connectivity index (χ3n) is 4.22. The Balaban J connectivity index is 1.52. The minimum absolute atomic E-state index is 0.151. The van der Waals surface area contributed by atoms with Gasteiger partial charge in [0.1, 0.15) is 5.58 Å². The summed E-state index contributed by atoms with van der Waals surface area (Å²) in [6.45, 7) is 5.23. The van der Waals surface area contributed by atoms with Crippen molar-refractivity contribution in [2.45, 2.75) is 25.9 Å². The van der Waals surface area contributed by atoms with Gasteiger partial charge in [-0.25, -0.2) is 0 Å². The predicted molar refractivity (Wildman–Crippen MR) is 89.2 cm³/mol. The molecule has 0 bridgehead atoms. The first-order valence-corrected chi connectivity index (χ1v) is 8.34. The van der Waals surface area contributed by atoms with E-state index in [1.165, 1.54) is 0 Å². The van der Waals surface area contributed by atoms with Crippen LogP contribution in [0.4, 0.5) is 0 Å². The normalized spacial score (nSPS) is 18.2. The fourth-order valence-electron chi connectivity index (χ4n) is 2.84. The average Bonchev–Trinajstić information content (AvgIpc) is 3.28. The zero-order valence-corrected chi connectivity index (χ0v) is 14.1. The number of rotatable bonds is 3. The van der Waals surface area contributed by atoms with E-state index in [9.17, 15) is 4.79 Å². The summed E-state index contributed by atoms with van der Waals surface area (Å²) in [5.41, 5.74) is 0.703. The number of ether oxygens (including phenoxy) is 1. The van der Waals surface area contributed by atoms with Crippen LogP contribution in [0.15, 0.2) is 39.2 Å². The lowest BCUT2D eigenvalue weighted by molar-refractivity contribution is -0.0358. The quantitative estimate of drug-likeness (QED) is 0.728. The van der Waals surface area contributed by atoms with Crippen molar-refractivity contribution in [3.8, 4) is 0 Å². The molecular weight excluding hydrogens is 322 g/mol. The molecule has 1 aromatic carbocycles. The summed E-state index contributed by atoms with van der Waals surface area (Å²) < 4.78 is 17.0. The number of furan rings is 1. The smallest absolute Gasteiger partial charge is 0.289 e. The molecule has 1 aliphatic heterocycles. The van der Waals surface area contributed by atoms with Crippen molar-refractivity contribution >= 4 is 16.9 Å². The Morgan fingerprint density at radius 3 is 2.84 bits per heavy atom. The van der Waals surface area contributed by atoms with E-state index < -0.39 is 6.10 Å². The van der Waals surface area contributed by atoms with Crippen molar-refractivity contribution in [3.05, 3.63) is 47.9 Å². The lowest BCUT2D eigenvalue weighted by atomic mass is 10.2. The molecule has 0 aliphatic carbocycles. The van der Waals surface area contributed by atoms with Crippen molar-refractivity contribution in [2.24, 2.45) is 0 Å². The van der Waals surface area contributed by atoms with Gasteiger partial charge < -0.3 is 18.5 Å². The first-order chi connectivity index (χ1) is 12.1. The van der Waals surface area contributed by atoms with Crippen molar-refractivity contribution in [1.82, 2.24) is 15.1 Å². The second-order valence-electron chi connectivity index (χ2n) is 6.39. The van der Waals surface area contributed by atoms with Gasteiger partial charge in [0.25, 0.3) is 5.91 Å². The lowest BCUT2D eigenvalue weighted by Gasteiger charge is -2.30. The minimum atomic E-state index is -0.415. The van der Waals surface area contributed by atoms with Crippen molar-refractivity contribution in [3.63, 3.8) is 0 Å². The van der Waals surface area contributed by atoms with Crippen molar-refractivity contribution < 1.29 is 18.4 Å². The van der Waals surface area contributed by atoms with Gasteiger partial charge in [-0.3, -0.25) is 4.79 Å². The summed E-state index contributed by atoms with van der Waals surface area (Å²) in [5, 5.41) is 9.00. The number of morpholine rings is 1. The molecule has 1 atom stereocenters. The van der Waals surface area contributed by atoms with E-state index >= 15 is 0 Å². The number of para-hydroxylation sites is 1. The lowest BCUT2D eigenvalue weighted by Crippen LogP contribution is -2.42. The maximum atomic E-state index is 12.8. The zero-order chi connectivity index (χ0) is 17.4. The molecule has 3 heterocycles. The molecule has 1 saturated heterocycles. The Labute approximate surface area is 144 Å². The van der Waals surface area contributed by atoms with Gasteiger partial charge in [0.15, 0.2) is 11.9 Å². The molecule has 1 amide bonds. The Hall–Kier alpha value is -2.67. The number of fused-ring (bicyclic) bond motifs is 1. The van der Waals surface area contributed by atoms with E-state index in [0.717, 1.165) is 5.39 Å².